The maximum atomic E-state index is 12.2. The molecular weight excluding hydrogens is 296 g/mol. The summed E-state index contributed by atoms with van der Waals surface area (Å²) in [6.07, 6.45) is 5.39. The number of likely N-dealkylation sites (tertiary alicyclic amines) is 1. The maximum Gasteiger partial charge on any atom is 0.240 e. The zero-order chi connectivity index (χ0) is 16.2. The normalized spacial score (nSPS) is 18.7. The second kappa shape index (κ2) is 6.91. The van der Waals surface area contributed by atoms with Crippen molar-refractivity contribution in [1.82, 2.24) is 24.8 Å². The summed E-state index contributed by atoms with van der Waals surface area (Å²) < 4.78 is 6.96. The molecule has 3 rings (SSSR count). The fourth-order valence-electron chi connectivity index (χ4n) is 2.83. The number of anilines is 1. The molecule has 0 saturated carbocycles. The quantitative estimate of drug-likeness (QED) is 0.868. The molecule has 0 aliphatic carbocycles. The third-order valence-electron chi connectivity index (χ3n) is 4.09. The van der Waals surface area contributed by atoms with Gasteiger partial charge in [0.2, 0.25) is 11.8 Å². The van der Waals surface area contributed by atoms with Crippen LogP contribution < -0.4 is 5.32 Å². The number of amides is 1. The van der Waals surface area contributed by atoms with E-state index in [0.29, 0.717) is 18.5 Å². The van der Waals surface area contributed by atoms with Crippen LogP contribution in [0.1, 0.15) is 38.3 Å². The molecule has 8 nitrogen and oxygen atoms in total. The minimum atomic E-state index is -0.0815. The predicted molar refractivity (Wildman–Crippen MR) is 83.8 cm³/mol. The SMILES string of the molecule is CC(C)c1cc(NC(=O)CN2CCC[C@H]2Cn2cncn2)on1. The highest BCUT2D eigenvalue weighted by Gasteiger charge is 2.27. The van der Waals surface area contributed by atoms with E-state index < -0.39 is 0 Å². The summed E-state index contributed by atoms with van der Waals surface area (Å²) in [5.41, 5.74) is 0.838. The van der Waals surface area contributed by atoms with Crippen molar-refractivity contribution in [2.45, 2.75) is 45.2 Å². The molecule has 3 heterocycles. The molecule has 1 aliphatic rings. The van der Waals surface area contributed by atoms with E-state index in [2.05, 4.69) is 25.5 Å². The number of carbonyl (C=O) groups excluding carboxylic acids is 1. The lowest BCUT2D eigenvalue weighted by Gasteiger charge is -2.23. The Kier molecular flexibility index (Phi) is 4.71. The van der Waals surface area contributed by atoms with Crippen LogP contribution in [0.2, 0.25) is 0 Å². The van der Waals surface area contributed by atoms with E-state index in [1.807, 2.05) is 18.5 Å². The first-order valence-electron chi connectivity index (χ1n) is 7.94. The highest BCUT2D eigenvalue weighted by atomic mass is 16.5. The molecule has 1 atom stereocenters. The Morgan fingerprint density at radius 2 is 2.39 bits per heavy atom. The zero-order valence-electron chi connectivity index (χ0n) is 13.5. The van der Waals surface area contributed by atoms with Gasteiger partial charge in [0.1, 0.15) is 12.7 Å². The monoisotopic (exact) mass is 318 g/mol. The molecule has 8 heteroatoms. The summed E-state index contributed by atoms with van der Waals surface area (Å²) in [6, 6.07) is 2.09. The van der Waals surface area contributed by atoms with Crippen molar-refractivity contribution in [2.24, 2.45) is 0 Å². The third-order valence-corrected chi connectivity index (χ3v) is 4.09. The smallest absolute Gasteiger partial charge is 0.240 e. The van der Waals surface area contributed by atoms with Crippen LogP contribution in [0, 0.1) is 0 Å². The van der Waals surface area contributed by atoms with Crippen molar-refractivity contribution in [2.75, 3.05) is 18.4 Å². The Labute approximate surface area is 134 Å². The fraction of sp³-hybridized carbons (Fsp3) is 0.600. The van der Waals surface area contributed by atoms with E-state index in [1.165, 1.54) is 6.33 Å². The van der Waals surface area contributed by atoms with Crippen LogP contribution in [0.3, 0.4) is 0 Å². The molecule has 0 bridgehead atoms. The van der Waals surface area contributed by atoms with Crippen LogP contribution in [-0.2, 0) is 11.3 Å². The van der Waals surface area contributed by atoms with Crippen molar-refractivity contribution >= 4 is 11.8 Å². The van der Waals surface area contributed by atoms with Crippen LogP contribution >= 0.6 is 0 Å². The van der Waals surface area contributed by atoms with Crippen molar-refractivity contribution in [3.05, 3.63) is 24.4 Å². The van der Waals surface area contributed by atoms with Crippen molar-refractivity contribution in [3.63, 3.8) is 0 Å². The molecule has 124 valence electrons. The highest BCUT2D eigenvalue weighted by Crippen LogP contribution is 2.20. The summed E-state index contributed by atoms with van der Waals surface area (Å²) in [5.74, 6) is 0.600. The van der Waals surface area contributed by atoms with E-state index in [-0.39, 0.29) is 11.8 Å². The van der Waals surface area contributed by atoms with Gasteiger partial charge in [-0.3, -0.25) is 19.7 Å². The first-order valence-corrected chi connectivity index (χ1v) is 7.94. The van der Waals surface area contributed by atoms with E-state index in [1.54, 1.807) is 12.4 Å². The molecular formula is C15H22N6O2. The molecule has 1 fully saturated rings. The van der Waals surface area contributed by atoms with Crippen LogP contribution in [0.4, 0.5) is 5.88 Å². The second-order valence-corrected chi connectivity index (χ2v) is 6.20. The summed E-state index contributed by atoms with van der Waals surface area (Å²) in [4.78, 5) is 18.4. The number of hydrogen-bond donors (Lipinski definition) is 1. The lowest BCUT2D eigenvalue weighted by molar-refractivity contribution is -0.117. The largest absolute Gasteiger partial charge is 0.338 e. The van der Waals surface area contributed by atoms with Gasteiger partial charge < -0.3 is 4.52 Å². The van der Waals surface area contributed by atoms with E-state index in [9.17, 15) is 4.79 Å². The van der Waals surface area contributed by atoms with Crippen LogP contribution in [0.15, 0.2) is 23.2 Å². The summed E-state index contributed by atoms with van der Waals surface area (Å²) in [6.45, 7) is 6.08. The van der Waals surface area contributed by atoms with Gasteiger partial charge in [-0.25, -0.2) is 4.98 Å². The van der Waals surface area contributed by atoms with Gasteiger partial charge in [0.15, 0.2) is 0 Å². The van der Waals surface area contributed by atoms with Crippen molar-refractivity contribution in [3.8, 4) is 0 Å². The van der Waals surface area contributed by atoms with Gasteiger partial charge in [-0.05, 0) is 25.3 Å². The molecule has 1 saturated heterocycles. The highest BCUT2D eigenvalue weighted by molar-refractivity contribution is 5.91. The average Bonchev–Trinajstić information content (AvgIpc) is 3.22. The predicted octanol–water partition coefficient (Wildman–Crippen LogP) is 1.49. The van der Waals surface area contributed by atoms with E-state index >= 15 is 0 Å². The fourth-order valence-corrected chi connectivity index (χ4v) is 2.83. The van der Waals surface area contributed by atoms with Gasteiger partial charge in [0.05, 0.1) is 18.8 Å². The molecule has 2 aromatic rings. The topological polar surface area (TPSA) is 89.1 Å². The van der Waals surface area contributed by atoms with Gasteiger partial charge >= 0.3 is 0 Å². The Hall–Kier alpha value is -2.22. The molecule has 2 aromatic heterocycles. The summed E-state index contributed by atoms with van der Waals surface area (Å²) in [5, 5.41) is 10.9. The van der Waals surface area contributed by atoms with Crippen molar-refractivity contribution in [1.29, 1.82) is 0 Å². The van der Waals surface area contributed by atoms with Crippen LogP contribution in [0.25, 0.3) is 0 Å². The van der Waals surface area contributed by atoms with E-state index in [4.69, 9.17) is 4.52 Å². The number of aromatic nitrogens is 4. The van der Waals surface area contributed by atoms with Gasteiger partial charge in [-0.15, -0.1) is 0 Å². The first kappa shape index (κ1) is 15.7. The van der Waals surface area contributed by atoms with Gasteiger partial charge in [0, 0.05) is 12.1 Å². The lowest BCUT2D eigenvalue weighted by atomic mass is 10.1. The Morgan fingerprint density at radius 1 is 1.52 bits per heavy atom. The van der Waals surface area contributed by atoms with Crippen molar-refractivity contribution < 1.29 is 9.32 Å². The van der Waals surface area contributed by atoms with Crippen LogP contribution in [0.5, 0.6) is 0 Å². The molecule has 0 radical (unpaired) electrons. The lowest BCUT2D eigenvalue weighted by Crippen LogP contribution is -2.39. The Balaban J connectivity index is 1.53. The van der Waals surface area contributed by atoms with Gasteiger partial charge in [-0.2, -0.15) is 5.10 Å². The molecule has 1 aliphatic heterocycles. The molecule has 0 spiro atoms. The van der Waals surface area contributed by atoms with Crippen LogP contribution in [-0.4, -0.2) is 49.9 Å². The van der Waals surface area contributed by atoms with Gasteiger partial charge in [-0.1, -0.05) is 19.0 Å². The summed E-state index contributed by atoms with van der Waals surface area (Å²) in [7, 11) is 0. The molecule has 0 aromatic carbocycles. The molecule has 1 amide bonds. The third kappa shape index (κ3) is 3.95. The summed E-state index contributed by atoms with van der Waals surface area (Å²) >= 11 is 0. The molecule has 0 unspecified atom stereocenters. The molecule has 1 N–H and O–H groups in total. The Bertz CT molecular complexity index is 636. The second-order valence-electron chi connectivity index (χ2n) is 6.20. The number of hydrogen-bond acceptors (Lipinski definition) is 6. The minimum absolute atomic E-state index is 0.0815. The van der Waals surface area contributed by atoms with E-state index in [0.717, 1.165) is 31.6 Å². The Morgan fingerprint density at radius 3 is 3.09 bits per heavy atom. The standard InChI is InChI=1S/C15H22N6O2/c1-11(2)13-6-15(23-19-13)18-14(22)8-20-5-3-4-12(20)7-21-10-16-9-17-21/h6,9-12H,3-5,7-8H2,1-2H3,(H,18,22)/t12-/m0/s1. The number of carbonyl (C=O) groups is 1. The molecule has 23 heavy (non-hydrogen) atoms. The zero-order valence-corrected chi connectivity index (χ0v) is 13.5. The number of nitrogens with zero attached hydrogens (tertiary/aromatic N) is 5. The first-order chi connectivity index (χ1) is 11.1. The number of rotatable bonds is 6. The minimum Gasteiger partial charge on any atom is -0.338 e. The maximum absolute atomic E-state index is 12.2. The van der Waals surface area contributed by atoms with Gasteiger partial charge in [0.25, 0.3) is 0 Å². The average molecular weight is 318 g/mol. The number of nitrogens with one attached hydrogen (secondary N) is 1.